The Labute approximate surface area is 125 Å². The van der Waals surface area contributed by atoms with Gasteiger partial charge in [0, 0.05) is 12.5 Å². The Hall–Kier alpha value is -1.79. The zero-order valence-electron chi connectivity index (χ0n) is 12.8. The number of aliphatic hydroxyl groups is 1. The van der Waals surface area contributed by atoms with Gasteiger partial charge in [-0.1, -0.05) is 19.9 Å². The fourth-order valence-electron chi connectivity index (χ4n) is 1.93. The number of hydrogen-bond donors (Lipinski definition) is 3. The summed E-state index contributed by atoms with van der Waals surface area (Å²) in [5.74, 6) is 0.728. The summed E-state index contributed by atoms with van der Waals surface area (Å²) in [6, 6.07) is 4.95. The van der Waals surface area contributed by atoms with Gasteiger partial charge in [-0.2, -0.15) is 0 Å². The Balaban J connectivity index is 2.60. The number of benzene rings is 1. The van der Waals surface area contributed by atoms with E-state index < -0.39 is 11.9 Å². The van der Waals surface area contributed by atoms with E-state index in [2.05, 4.69) is 5.32 Å². The highest BCUT2D eigenvalue weighted by atomic mass is 16.5. The topological polar surface area (TPSA) is 93.8 Å². The van der Waals surface area contributed by atoms with Crippen molar-refractivity contribution in [2.45, 2.75) is 39.0 Å². The lowest BCUT2D eigenvalue weighted by atomic mass is 10.2. The first kappa shape index (κ1) is 17.3. The second kappa shape index (κ2) is 8.49. The van der Waals surface area contributed by atoms with E-state index in [-0.39, 0.29) is 12.6 Å². The summed E-state index contributed by atoms with van der Waals surface area (Å²) in [7, 11) is 1.54. The van der Waals surface area contributed by atoms with Crippen molar-refractivity contribution in [2.75, 3.05) is 13.7 Å². The Bertz CT molecular complexity index is 463. The van der Waals surface area contributed by atoms with E-state index in [0.29, 0.717) is 24.5 Å². The van der Waals surface area contributed by atoms with Crippen LogP contribution in [0.3, 0.4) is 0 Å². The van der Waals surface area contributed by atoms with Gasteiger partial charge in [-0.15, -0.1) is 0 Å². The van der Waals surface area contributed by atoms with E-state index in [1.54, 1.807) is 18.2 Å². The minimum atomic E-state index is -0.423. The molecule has 0 aliphatic rings. The number of rotatable bonds is 9. The number of hydrogen-bond acceptors (Lipinski definition) is 5. The van der Waals surface area contributed by atoms with Gasteiger partial charge in [0.2, 0.25) is 5.91 Å². The predicted octanol–water partition coefficient (Wildman–Crippen LogP) is 0.808. The number of primary amides is 1. The maximum atomic E-state index is 11.3. The first-order valence-electron chi connectivity index (χ1n) is 6.93. The van der Waals surface area contributed by atoms with Crippen LogP contribution < -0.4 is 20.5 Å². The summed E-state index contributed by atoms with van der Waals surface area (Å²) in [5, 5.41) is 12.2. The molecule has 1 atom stereocenters. The minimum Gasteiger partial charge on any atom is -0.493 e. The molecule has 0 bridgehead atoms. The molecule has 0 radical (unpaired) electrons. The van der Waals surface area contributed by atoms with Gasteiger partial charge in [0.15, 0.2) is 11.5 Å². The highest BCUT2D eigenvalue weighted by molar-refractivity contribution is 5.79. The molecule has 0 saturated carbocycles. The van der Waals surface area contributed by atoms with Crippen LogP contribution in [0.5, 0.6) is 11.5 Å². The third-order valence-corrected chi connectivity index (χ3v) is 2.95. The van der Waals surface area contributed by atoms with E-state index in [9.17, 15) is 4.79 Å². The summed E-state index contributed by atoms with van der Waals surface area (Å²) in [6.45, 7) is 4.18. The number of methoxy groups -OCH3 is 1. The molecule has 1 aromatic rings. The van der Waals surface area contributed by atoms with Gasteiger partial charge in [0.05, 0.1) is 26.4 Å². The number of amides is 1. The van der Waals surface area contributed by atoms with Crippen molar-refractivity contribution in [1.29, 1.82) is 0 Å². The van der Waals surface area contributed by atoms with E-state index in [4.69, 9.17) is 20.3 Å². The van der Waals surface area contributed by atoms with Crippen LogP contribution in [0.4, 0.5) is 0 Å². The molecule has 1 amide bonds. The van der Waals surface area contributed by atoms with Crippen LogP contribution in [0, 0.1) is 0 Å². The summed E-state index contributed by atoms with van der Waals surface area (Å²) in [5.41, 5.74) is 6.09. The van der Waals surface area contributed by atoms with E-state index in [1.807, 2.05) is 13.8 Å². The molecule has 0 aromatic heterocycles. The SMILES string of the molecule is COc1cc(CO)ccc1OCCC(NC(C)C)C(N)=O. The number of nitrogens with one attached hydrogen (secondary N) is 1. The zero-order valence-corrected chi connectivity index (χ0v) is 12.8. The number of aliphatic hydroxyl groups excluding tert-OH is 1. The largest absolute Gasteiger partial charge is 0.493 e. The molecule has 0 heterocycles. The highest BCUT2D eigenvalue weighted by Gasteiger charge is 2.16. The molecule has 6 heteroatoms. The zero-order chi connectivity index (χ0) is 15.8. The normalized spacial score (nSPS) is 12.2. The van der Waals surface area contributed by atoms with Gasteiger partial charge in [0.25, 0.3) is 0 Å². The number of ether oxygens (including phenoxy) is 2. The fourth-order valence-corrected chi connectivity index (χ4v) is 1.93. The van der Waals surface area contributed by atoms with Crippen LogP contribution in [0.25, 0.3) is 0 Å². The van der Waals surface area contributed by atoms with Crippen molar-refractivity contribution < 1.29 is 19.4 Å². The van der Waals surface area contributed by atoms with Gasteiger partial charge in [-0.25, -0.2) is 0 Å². The molecule has 1 unspecified atom stereocenters. The van der Waals surface area contributed by atoms with Crippen molar-refractivity contribution in [3.63, 3.8) is 0 Å². The number of carbonyl (C=O) groups is 1. The Morgan fingerprint density at radius 1 is 1.38 bits per heavy atom. The molecule has 21 heavy (non-hydrogen) atoms. The molecule has 0 aliphatic heterocycles. The molecule has 0 saturated heterocycles. The lowest BCUT2D eigenvalue weighted by Gasteiger charge is -2.19. The van der Waals surface area contributed by atoms with Crippen LogP contribution in [0.1, 0.15) is 25.8 Å². The molecule has 6 nitrogen and oxygen atoms in total. The van der Waals surface area contributed by atoms with E-state index >= 15 is 0 Å². The average molecular weight is 296 g/mol. The summed E-state index contributed by atoms with van der Waals surface area (Å²) < 4.78 is 10.8. The number of carbonyl (C=O) groups excluding carboxylic acids is 1. The molecule has 4 N–H and O–H groups in total. The van der Waals surface area contributed by atoms with Crippen molar-refractivity contribution in [2.24, 2.45) is 5.73 Å². The van der Waals surface area contributed by atoms with Gasteiger partial charge >= 0.3 is 0 Å². The molecule has 0 aliphatic carbocycles. The maximum Gasteiger partial charge on any atom is 0.234 e. The Morgan fingerprint density at radius 3 is 2.62 bits per heavy atom. The van der Waals surface area contributed by atoms with Crippen molar-refractivity contribution in [3.8, 4) is 11.5 Å². The lowest BCUT2D eigenvalue weighted by Crippen LogP contribution is -2.45. The van der Waals surface area contributed by atoms with E-state index in [1.165, 1.54) is 7.11 Å². The van der Waals surface area contributed by atoms with Gasteiger partial charge in [-0.3, -0.25) is 4.79 Å². The van der Waals surface area contributed by atoms with Gasteiger partial charge in [0.1, 0.15) is 0 Å². The highest BCUT2D eigenvalue weighted by Crippen LogP contribution is 2.28. The number of nitrogens with two attached hydrogens (primary N) is 1. The quantitative estimate of drug-likeness (QED) is 0.627. The second-order valence-electron chi connectivity index (χ2n) is 5.06. The van der Waals surface area contributed by atoms with E-state index in [0.717, 1.165) is 5.56 Å². The molecule has 0 spiro atoms. The minimum absolute atomic E-state index is 0.0568. The van der Waals surface area contributed by atoms with Crippen LogP contribution >= 0.6 is 0 Å². The average Bonchev–Trinajstić information content (AvgIpc) is 2.45. The second-order valence-corrected chi connectivity index (χ2v) is 5.06. The smallest absolute Gasteiger partial charge is 0.234 e. The molecule has 1 aromatic carbocycles. The third kappa shape index (κ3) is 5.61. The summed E-state index contributed by atoms with van der Waals surface area (Å²) in [4.78, 5) is 11.3. The van der Waals surface area contributed by atoms with Gasteiger partial charge in [-0.05, 0) is 17.7 Å². The molecule has 118 valence electrons. The Kier molecular flexibility index (Phi) is 6.98. The third-order valence-electron chi connectivity index (χ3n) is 2.95. The first-order chi connectivity index (χ1) is 9.97. The fraction of sp³-hybridized carbons (Fsp3) is 0.533. The maximum absolute atomic E-state index is 11.3. The first-order valence-corrected chi connectivity index (χ1v) is 6.93. The van der Waals surface area contributed by atoms with Crippen LogP contribution in [-0.2, 0) is 11.4 Å². The summed E-state index contributed by atoms with van der Waals surface area (Å²) >= 11 is 0. The standard InChI is InChI=1S/C15H24N2O4/c1-10(2)17-12(15(16)19)6-7-21-13-5-4-11(9-18)8-14(13)20-3/h4-5,8,10,12,17-18H,6-7,9H2,1-3H3,(H2,16,19). The van der Waals surface area contributed by atoms with Crippen LogP contribution in [-0.4, -0.2) is 36.8 Å². The molecular weight excluding hydrogens is 272 g/mol. The molecule has 1 rings (SSSR count). The van der Waals surface area contributed by atoms with Crippen molar-refractivity contribution in [3.05, 3.63) is 23.8 Å². The predicted molar refractivity (Wildman–Crippen MR) is 80.3 cm³/mol. The summed E-state index contributed by atoms with van der Waals surface area (Å²) in [6.07, 6.45) is 0.471. The lowest BCUT2D eigenvalue weighted by molar-refractivity contribution is -0.120. The van der Waals surface area contributed by atoms with Crippen LogP contribution in [0.2, 0.25) is 0 Å². The van der Waals surface area contributed by atoms with Crippen LogP contribution in [0.15, 0.2) is 18.2 Å². The van der Waals surface area contributed by atoms with Gasteiger partial charge < -0.3 is 25.6 Å². The molecule has 0 fully saturated rings. The van der Waals surface area contributed by atoms with Crippen molar-refractivity contribution >= 4 is 5.91 Å². The Morgan fingerprint density at radius 2 is 2.10 bits per heavy atom. The van der Waals surface area contributed by atoms with Crippen molar-refractivity contribution in [1.82, 2.24) is 5.32 Å². The molecular formula is C15H24N2O4. The monoisotopic (exact) mass is 296 g/mol.